The lowest BCUT2D eigenvalue weighted by molar-refractivity contribution is 0.0474. The number of halogens is 1. The van der Waals surface area contributed by atoms with Gasteiger partial charge in [-0.15, -0.1) is 22.6 Å². The second kappa shape index (κ2) is 3.57. The van der Waals surface area contributed by atoms with E-state index in [0.29, 0.717) is 0 Å². The van der Waals surface area contributed by atoms with E-state index >= 15 is 0 Å². The number of ether oxygens (including phenoxy) is 1. The average molecular weight is 190 g/mol. The molecule has 0 aliphatic heterocycles. The minimum absolute atomic E-state index is 0.0414. The molecule has 0 radical (unpaired) electrons. The number of hydrogen-bond acceptors (Lipinski definition) is 4. The number of carbonyl (C=O) groups excluding carboxylic acids is 1. The van der Waals surface area contributed by atoms with E-state index in [1.807, 2.05) is 0 Å². The summed E-state index contributed by atoms with van der Waals surface area (Å²) < 4.78 is 16.8. The summed E-state index contributed by atoms with van der Waals surface area (Å²) in [4.78, 5) is 11.0. The van der Waals surface area contributed by atoms with Crippen molar-refractivity contribution in [2.24, 2.45) is 0 Å². The summed E-state index contributed by atoms with van der Waals surface area (Å²) >= 11 is 3.82. The lowest BCUT2D eigenvalue weighted by atomic mass is 10.4. The van der Waals surface area contributed by atoms with Crippen molar-refractivity contribution < 1.29 is 14.0 Å². The summed E-state index contributed by atoms with van der Waals surface area (Å²) in [7, 11) is 0. The van der Waals surface area contributed by atoms with Crippen LogP contribution in [0, 0.1) is 0 Å². The first kappa shape index (κ1) is 9.05. The SMILES string of the molecule is CC(S)OC(=O)c1ccn(F)n1. The molecule has 0 spiro atoms. The number of rotatable bonds is 2. The summed E-state index contributed by atoms with van der Waals surface area (Å²) in [6.07, 6.45) is 1.01. The third-order valence-electron chi connectivity index (χ3n) is 1.05. The molecular formula is C6H7FN2O2S. The Balaban J connectivity index is 2.65. The van der Waals surface area contributed by atoms with E-state index in [-0.39, 0.29) is 10.6 Å². The zero-order valence-electron chi connectivity index (χ0n) is 6.27. The summed E-state index contributed by atoms with van der Waals surface area (Å²) in [6, 6.07) is 1.22. The van der Waals surface area contributed by atoms with Crippen molar-refractivity contribution in [3.8, 4) is 0 Å². The molecule has 0 fully saturated rings. The molecule has 0 amide bonds. The van der Waals surface area contributed by atoms with Crippen LogP contribution in [0.3, 0.4) is 0 Å². The molecule has 0 saturated carbocycles. The van der Waals surface area contributed by atoms with Crippen molar-refractivity contribution in [3.63, 3.8) is 0 Å². The van der Waals surface area contributed by atoms with Gasteiger partial charge in [0.1, 0.15) is 5.44 Å². The molecule has 0 bridgehead atoms. The molecule has 1 aromatic rings. The predicted molar refractivity (Wildman–Crippen MR) is 42.6 cm³/mol. The van der Waals surface area contributed by atoms with Gasteiger partial charge in [0.15, 0.2) is 5.69 Å². The second-order valence-corrected chi connectivity index (χ2v) is 2.82. The van der Waals surface area contributed by atoms with Gasteiger partial charge in [-0.25, -0.2) is 4.79 Å². The van der Waals surface area contributed by atoms with Crippen LogP contribution in [0.1, 0.15) is 17.4 Å². The molecule has 1 heterocycles. The van der Waals surface area contributed by atoms with Crippen LogP contribution in [-0.2, 0) is 4.74 Å². The van der Waals surface area contributed by atoms with Crippen molar-refractivity contribution in [2.75, 3.05) is 0 Å². The zero-order chi connectivity index (χ0) is 9.14. The first-order valence-corrected chi connectivity index (χ1v) is 3.72. The van der Waals surface area contributed by atoms with Crippen molar-refractivity contribution in [2.45, 2.75) is 12.4 Å². The Morgan fingerprint density at radius 1 is 1.92 bits per heavy atom. The molecule has 1 atom stereocenters. The fourth-order valence-corrected chi connectivity index (χ4v) is 0.722. The highest BCUT2D eigenvalue weighted by molar-refractivity contribution is 7.80. The number of hydrogen-bond donors (Lipinski definition) is 1. The maximum Gasteiger partial charge on any atom is 0.360 e. The highest BCUT2D eigenvalue weighted by atomic mass is 32.1. The Kier molecular flexibility index (Phi) is 2.69. The minimum atomic E-state index is -0.686. The van der Waals surface area contributed by atoms with Crippen molar-refractivity contribution >= 4 is 18.6 Å². The Morgan fingerprint density at radius 3 is 3.00 bits per heavy atom. The predicted octanol–water partition coefficient (Wildman–Crippen LogP) is 1.05. The molecular weight excluding hydrogens is 183 g/mol. The third-order valence-corrected chi connectivity index (χ3v) is 1.15. The van der Waals surface area contributed by atoms with Gasteiger partial charge in [0.2, 0.25) is 0 Å². The van der Waals surface area contributed by atoms with Gasteiger partial charge < -0.3 is 4.74 Å². The van der Waals surface area contributed by atoms with Crippen LogP contribution in [0.2, 0.25) is 0 Å². The van der Waals surface area contributed by atoms with E-state index in [2.05, 4.69) is 22.5 Å². The van der Waals surface area contributed by atoms with Crippen LogP contribution < -0.4 is 0 Å². The summed E-state index contributed by atoms with van der Waals surface area (Å²) in [5.74, 6) is -0.686. The standard InChI is InChI=1S/C6H7FN2O2S/c1-4(12)11-6(10)5-2-3-9(7)8-5/h2-4,12H,1H3. The van der Waals surface area contributed by atoms with Crippen molar-refractivity contribution in [3.05, 3.63) is 18.0 Å². The Hall–Kier alpha value is -1.04. The van der Waals surface area contributed by atoms with Gasteiger partial charge in [-0.05, 0) is 13.0 Å². The Labute approximate surface area is 73.7 Å². The van der Waals surface area contributed by atoms with E-state index in [0.717, 1.165) is 6.20 Å². The first-order chi connectivity index (χ1) is 5.59. The molecule has 66 valence electrons. The molecule has 6 heteroatoms. The van der Waals surface area contributed by atoms with Gasteiger partial charge in [-0.1, -0.05) is 4.48 Å². The molecule has 0 N–H and O–H groups in total. The fourth-order valence-electron chi connectivity index (χ4n) is 0.626. The van der Waals surface area contributed by atoms with Crippen LogP contribution in [0.5, 0.6) is 0 Å². The second-order valence-electron chi connectivity index (χ2n) is 2.09. The van der Waals surface area contributed by atoms with Gasteiger partial charge >= 0.3 is 5.97 Å². The van der Waals surface area contributed by atoms with Gasteiger partial charge in [-0.3, -0.25) is 0 Å². The highest BCUT2D eigenvalue weighted by Gasteiger charge is 2.12. The normalized spacial score (nSPS) is 12.6. The third kappa shape index (κ3) is 2.23. The molecule has 0 aromatic carbocycles. The number of aromatic nitrogens is 2. The maximum absolute atomic E-state index is 12.2. The van der Waals surface area contributed by atoms with Gasteiger partial charge in [-0.2, -0.15) is 0 Å². The topological polar surface area (TPSA) is 44.1 Å². The molecule has 1 unspecified atom stereocenters. The van der Waals surface area contributed by atoms with E-state index < -0.39 is 11.4 Å². The summed E-state index contributed by atoms with van der Waals surface area (Å²) in [6.45, 7) is 1.58. The minimum Gasteiger partial charge on any atom is -0.447 e. The van der Waals surface area contributed by atoms with E-state index in [1.54, 1.807) is 6.92 Å². The van der Waals surface area contributed by atoms with Crippen LogP contribution in [0.4, 0.5) is 4.48 Å². The van der Waals surface area contributed by atoms with Crippen LogP contribution in [-0.4, -0.2) is 21.4 Å². The zero-order valence-corrected chi connectivity index (χ0v) is 7.16. The number of esters is 1. The van der Waals surface area contributed by atoms with Gasteiger partial charge in [0, 0.05) is 0 Å². The first-order valence-electron chi connectivity index (χ1n) is 3.20. The molecule has 1 rings (SSSR count). The van der Waals surface area contributed by atoms with E-state index in [4.69, 9.17) is 0 Å². The maximum atomic E-state index is 12.2. The number of thiol groups is 1. The lowest BCUT2D eigenvalue weighted by Gasteiger charge is -2.03. The Morgan fingerprint density at radius 2 is 2.58 bits per heavy atom. The Bertz CT molecular complexity index is 287. The molecule has 0 aliphatic rings. The molecule has 12 heavy (non-hydrogen) atoms. The van der Waals surface area contributed by atoms with Crippen molar-refractivity contribution in [1.82, 2.24) is 10.0 Å². The van der Waals surface area contributed by atoms with E-state index in [9.17, 15) is 9.28 Å². The largest absolute Gasteiger partial charge is 0.447 e. The highest BCUT2D eigenvalue weighted by Crippen LogP contribution is 2.03. The van der Waals surface area contributed by atoms with Gasteiger partial charge in [0.25, 0.3) is 0 Å². The van der Waals surface area contributed by atoms with E-state index in [1.165, 1.54) is 6.07 Å². The fraction of sp³-hybridized carbons (Fsp3) is 0.333. The summed E-state index contributed by atoms with van der Waals surface area (Å²) in [5.41, 5.74) is -0.597. The average Bonchev–Trinajstić information content (AvgIpc) is 2.34. The quantitative estimate of drug-likeness (QED) is 0.430. The smallest absolute Gasteiger partial charge is 0.360 e. The van der Waals surface area contributed by atoms with Crippen molar-refractivity contribution in [1.29, 1.82) is 0 Å². The molecule has 1 aromatic heterocycles. The monoisotopic (exact) mass is 190 g/mol. The van der Waals surface area contributed by atoms with Crippen LogP contribution in [0.15, 0.2) is 12.3 Å². The molecule has 0 aliphatic carbocycles. The summed E-state index contributed by atoms with van der Waals surface area (Å²) in [5, 5.41) is 3.21. The number of nitrogens with zero attached hydrogens (tertiary/aromatic N) is 2. The van der Waals surface area contributed by atoms with Crippen LogP contribution in [0.25, 0.3) is 0 Å². The molecule has 0 saturated heterocycles. The molecule has 4 nitrogen and oxygen atoms in total. The number of carbonyl (C=O) groups is 1. The lowest BCUT2D eigenvalue weighted by Crippen LogP contribution is -2.10. The van der Waals surface area contributed by atoms with Gasteiger partial charge in [0.05, 0.1) is 6.20 Å². The van der Waals surface area contributed by atoms with Crippen LogP contribution >= 0.6 is 12.6 Å².